The van der Waals surface area contributed by atoms with Crippen LogP contribution >= 0.6 is 11.6 Å². The Balaban J connectivity index is 2.27. The van der Waals surface area contributed by atoms with Gasteiger partial charge in [-0.3, -0.25) is 4.79 Å². The number of nitrogens with one attached hydrogen (secondary N) is 1. The molecule has 2 N–H and O–H groups in total. The first-order chi connectivity index (χ1) is 12.5. The zero-order valence-electron chi connectivity index (χ0n) is 14.9. The monoisotopic (exact) mass is 373 g/mol. The van der Waals surface area contributed by atoms with Crippen LogP contribution in [0.1, 0.15) is 18.1 Å². The molecule has 1 aromatic heterocycles. The Morgan fingerprint density at radius 2 is 2.00 bits per heavy atom. The van der Waals surface area contributed by atoms with Crippen molar-refractivity contribution in [1.29, 1.82) is 0 Å². The number of hydrogen-bond acceptors (Lipinski definition) is 3. The molecule has 6 heteroatoms. The number of aromatic nitrogens is 1. The number of aliphatic carboxylic acids is 1. The van der Waals surface area contributed by atoms with Gasteiger partial charge < -0.3 is 19.6 Å². The van der Waals surface area contributed by atoms with Crippen LogP contribution in [0.4, 0.5) is 0 Å². The Bertz CT molecular complexity index is 978. The van der Waals surface area contributed by atoms with E-state index in [9.17, 15) is 9.90 Å². The third kappa shape index (κ3) is 3.22. The van der Waals surface area contributed by atoms with Crippen molar-refractivity contribution in [3.8, 4) is 22.8 Å². The maximum atomic E-state index is 11.5. The highest BCUT2D eigenvalue weighted by Crippen LogP contribution is 2.39. The lowest BCUT2D eigenvalue weighted by Gasteiger charge is -2.11. The first-order valence-corrected chi connectivity index (χ1v) is 8.66. The van der Waals surface area contributed by atoms with Gasteiger partial charge in [-0.05, 0) is 49.2 Å². The second kappa shape index (κ2) is 7.30. The van der Waals surface area contributed by atoms with E-state index in [2.05, 4.69) is 4.98 Å². The predicted octanol–water partition coefficient (Wildman–Crippen LogP) is 4.83. The van der Waals surface area contributed by atoms with Crippen molar-refractivity contribution in [2.24, 2.45) is 0 Å². The minimum absolute atomic E-state index is 0.130. The highest BCUT2D eigenvalue weighted by molar-refractivity contribution is 6.36. The topological polar surface area (TPSA) is 71.6 Å². The van der Waals surface area contributed by atoms with E-state index in [0.29, 0.717) is 28.7 Å². The Kier molecular flexibility index (Phi) is 5.09. The van der Waals surface area contributed by atoms with E-state index in [-0.39, 0.29) is 6.42 Å². The first-order valence-electron chi connectivity index (χ1n) is 8.28. The van der Waals surface area contributed by atoms with Crippen molar-refractivity contribution in [2.45, 2.75) is 20.3 Å². The number of rotatable bonds is 6. The fourth-order valence-electron chi connectivity index (χ4n) is 3.14. The summed E-state index contributed by atoms with van der Waals surface area (Å²) in [6.45, 7) is 4.36. The summed E-state index contributed by atoms with van der Waals surface area (Å²) in [5, 5.41) is 10.7. The van der Waals surface area contributed by atoms with E-state index in [0.717, 1.165) is 27.7 Å². The summed E-state index contributed by atoms with van der Waals surface area (Å²) in [6, 6.07) is 9.24. The van der Waals surface area contributed by atoms with Crippen LogP contribution < -0.4 is 9.47 Å². The lowest BCUT2D eigenvalue weighted by atomic mass is 10.0. The van der Waals surface area contributed by atoms with Crippen LogP contribution in [0.3, 0.4) is 0 Å². The van der Waals surface area contributed by atoms with E-state index in [1.807, 2.05) is 38.1 Å². The Morgan fingerprint density at radius 1 is 1.23 bits per heavy atom. The Labute approximate surface area is 156 Å². The molecule has 0 unspecified atom stereocenters. The smallest absolute Gasteiger partial charge is 0.307 e. The highest BCUT2D eigenvalue weighted by atomic mass is 35.5. The minimum atomic E-state index is -0.914. The molecule has 0 bridgehead atoms. The third-order valence-corrected chi connectivity index (χ3v) is 4.61. The Morgan fingerprint density at radius 3 is 2.65 bits per heavy atom. The van der Waals surface area contributed by atoms with Crippen LogP contribution in [-0.4, -0.2) is 29.8 Å². The number of fused-ring (bicyclic) bond motifs is 1. The van der Waals surface area contributed by atoms with Gasteiger partial charge >= 0.3 is 5.97 Å². The number of H-pyrrole nitrogens is 1. The first kappa shape index (κ1) is 18.1. The number of aromatic amines is 1. The fraction of sp³-hybridized carbons (Fsp3) is 0.250. The van der Waals surface area contributed by atoms with Gasteiger partial charge in [0.15, 0.2) is 11.5 Å². The van der Waals surface area contributed by atoms with Crippen molar-refractivity contribution < 1.29 is 19.4 Å². The van der Waals surface area contributed by atoms with Gasteiger partial charge in [0.05, 0.1) is 36.4 Å². The fourth-order valence-corrected chi connectivity index (χ4v) is 3.41. The molecule has 0 aliphatic heterocycles. The number of carbonyl (C=O) groups is 1. The molecule has 0 aliphatic rings. The average molecular weight is 374 g/mol. The second-order valence-corrected chi connectivity index (χ2v) is 6.37. The number of hydrogen-bond donors (Lipinski definition) is 2. The van der Waals surface area contributed by atoms with Crippen LogP contribution in [0.5, 0.6) is 11.5 Å². The molecule has 0 fully saturated rings. The lowest BCUT2D eigenvalue weighted by molar-refractivity contribution is -0.136. The van der Waals surface area contributed by atoms with E-state index in [1.165, 1.54) is 0 Å². The molecule has 136 valence electrons. The molecule has 0 saturated heterocycles. The molecule has 3 rings (SSSR count). The van der Waals surface area contributed by atoms with E-state index < -0.39 is 5.97 Å². The van der Waals surface area contributed by atoms with Gasteiger partial charge in [-0.15, -0.1) is 0 Å². The maximum absolute atomic E-state index is 11.5. The molecule has 0 saturated carbocycles. The predicted molar refractivity (Wildman–Crippen MR) is 103 cm³/mol. The molecule has 3 aromatic rings. The van der Waals surface area contributed by atoms with Gasteiger partial charge in [-0.1, -0.05) is 17.7 Å². The summed E-state index contributed by atoms with van der Waals surface area (Å²) in [5.74, 6) is 0.319. The molecule has 0 radical (unpaired) electrons. The van der Waals surface area contributed by atoms with E-state index in [4.69, 9.17) is 21.1 Å². The lowest BCUT2D eigenvalue weighted by Crippen LogP contribution is -2.01. The van der Waals surface area contributed by atoms with Gasteiger partial charge in [0.2, 0.25) is 0 Å². The minimum Gasteiger partial charge on any atom is -0.493 e. The highest BCUT2D eigenvalue weighted by Gasteiger charge is 2.20. The Hall–Kier alpha value is -2.66. The summed E-state index contributed by atoms with van der Waals surface area (Å²) in [4.78, 5) is 14.8. The van der Waals surface area contributed by atoms with Crippen molar-refractivity contribution in [3.05, 3.63) is 46.5 Å². The van der Waals surface area contributed by atoms with Crippen molar-refractivity contribution >= 4 is 28.5 Å². The average Bonchev–Trinajstić information content (AvgIpc) is 2.98. The van der Waals surface area contributed by atoms with Crippen LogP contribution in [-0.2, 0) is 11.2 Å². The van der Waals surface area contributed by atoms with Crippen molar-refractivity contribution in [1.82, 2.24) is 4.98 Å². The number of methoxy groups -OCH3 is 1. The molecule has 5 nitrogen and oxygen atoms in total. The summed E-state index contributed by atoms with van der Waals surface area (Å²) in [6.07, 6.45) is -0.130. The SMILES string of the molecule is CCOc1cc(-c2[nH]c3c(C)ccc(Cl)c3c2CC(=O)O)ccc1OC. The summed E-state index contributed by atoms with van der Waals surface area (Å²) >= 11 is 6.39. The molecule has 1 heterocycles. The van der Waals surface area contributed by atoms with Gasteiger partial charge in [-0.25, -0.2) is 0 Å². The largest absolute Gasteiger partial charge is 0.493 e. The summed E-state index contributed by atoms with van der Waals surface area (Å²) in [5.41, 5.74) is 4.05. The van der Waals surface area contributed by atoms with Gasteiger partial charge in [0, 0.05) is 10.9 Å². The van der Waals surface area contributed by atoms with Crippen molar-refractivity contribution in [2.75, 3.05) is 13.7 Å². The van der Waals surface area contributed by atoms with Crippen LogP contribution in [0.15, 0.2) is 30.3 Å². The molecular weight excluding hydrogens is 354 g/mol. The number of carboxylic acid groups (broad SMARTS) is 1. The molecule has 0 atom stereocenters. The third-order valence-electron chi connectivity index (χ3n) is 4.30. The van der Waals surface area contributed by atoms with E-state index in [1.54, 1.807) is 13.2 Å². The number of halogens is 1. The summed E-state index contributed by atoms with van der Waals surface area (Å²) in [7, 11) is 1.58. The standard InChI is InChI=1S/C20H20ClNO4/c1-4-26-16-9-12(6-8-15(16)25-3)20-13(10-17(23)24)18-14(21)7-5-11(2)19(18)22-20/h5-9,22H,4,10H2,1-3H3,(H,23,24). The number of benzene rings is 2. The number of ether oxygens (including phenoxy) is 2. The summed E-state index contributed by atoms with van der Waals surface area (Å²) < 4.78 is 11.0. The molecule has 26 heavy (non-hydrogen) atoms. The van der Waals surface area contributed by atoms with Crippen molar-refractivity contribution in [3.63, 3.8) is 0 Å². The number of aryl methyl sites for hydroxylation is 1. The van der Waals surface area contributed by atoms with Crippen LogP contribution in [0, 0.1) is 6.92 Å². The van der Waals surface area contributed by atoms with Crippen LogP contribution in [0.25, 0.3) is 22.2 Å². The molecule has 2 aromatic carbocycles. The zero-order chi connectivity index (χ0) is 18.8. The van der Waals surface area contributed by atoms with Gasteiger partial charge in [0.25, 0.3) is 0 Å². The quantitative estimate of drug-likeness (QED) is 0.649. The molecular formula is C20H20ClNO4. The molecule has 0 aliphatic carbocycles. The molecule has 0 amide bonds. The van der Waals surface area contributed by atoms with Gasteiger partial charge in [-0.2, -0.15) is 0 Å². The maximum Gasteiger partial charge on any atom is 0.307 e. The normalized spacial score (nSPS) is 10.9. The van der Waals surface area contributed by atoms with Gasteiger partial charge in [0.1, 0.15) is 0 Å². The molecule has 0 spiro atoms. The number of carboxylic acids is 1. The van der Waals surface area contributed by atoms with E-state index >= 15 is 0 Å². The zero-order valence-corrected chi connectivity index (χ0v) is 15.6. The van der Waals surface area contributed by atoms with Crippen LogP contribution in [0.2, 0.25) is 5.02 Å². The second-order valence-electron chi connectivity index (χ2n) is 5.96.